The maximum Gasteiger partial charge on any atom is 0.697 e. The molecule has 3 unspecified atom stereocenters. The second-order valence-corrected chi connectivity index (χ2v) is 10.0. The van der Waals surface area contributed by atoms with Crippen molar-refractivity contribution in [3.05, 3.63) is 0 Å². The SMILES string of the molecule is CC(C)O[P+](=O)OCCCCCCNC(=O)CCCC[C@@H]1SCC2NC(=O)NC21. The molecule has 2 saturated heterocycles. The number of unbranched alkanes of at least 4 members (excludes halogenated alkanes) is 4. The normalized spacial score (nSPS) is 23.6. The molecule has 0 aromatic rings. The number of carbonyl (C=O) groups excluding carboxylic acids is 2. The van der Waals surface area contributed by atoms with E-state index in [0.717, 1.165) is 50.7 Å². The van der Waals surface area contributed by atoms with E-state index in [1.54, 1.807) is 0 Å². The Balaban J connectivity index is 1.37. The Morgan fingerprint density at radius 3 is 2.79 bits per heavy atom. The van der Waals surface area contributed by atoms with Gasteiger partial charge in [0.05, 0.1) is 12.1 Å². The molecule has 2 rings (SSSR count). The molecular formula is C19H35N3O5PS+. The number of nitrogens with one attached hydrogen (secondary N) is 3. The highest BCUT2D eigenvalue weighted by Crippen LogP contribution is 2.33. The van der Waals surface area contributed by atoms with Crippen molar-refractivity contribution >= 4 is 32.0 Å². The molecular weight excluding hydrogens is 413 g/mol. The van der Waals surface area contributed by atoms with Crippen molar-refractivity contribution in [2.24, 2.45) is 0 Å². The first-order valence-electron chi connectivity index (χ1n) is 10.7. The van der Waals surface area contributed by atoms with Crippen LogP contribution in [0.4, 0.5) is 4.79 Å². The van der Waals surface area contributed by atoms with Crippen LogP contribution in [0.3, 0.4) is 0 Å². The summed E-state index contributed by atoms with van der Waals surface area (Å²) < 4.78 is 21.5. The first kappa shape index (κ1) is 24.4. The van der Waals surface area contributed by atoms with E-state index in [-0.39, 0.29) is 30.1 Å². The number of rotatable bonds is 15. The molecule has 3 N–H and O–H groups in total. The molecule has 0 aromatic carbocycles. The minimum atomic E-state index is -2.00. The third-order valence-electron chi connectivity index (χ3n) is 4.97. The average molecular weight is 449 g/mol. The monoisotopic (exact) mass is 448 g/mol. The van der Waals surface area contributed by atoms with Crippen molar-refractivity contribution in [1.29, 1.82) is 0 Å². The van der Waals surface area contributed by atoms with Crippen molar-refractivity contribution < 1.29 is 23.2 Å². The topological polar surface area (TPSA) is 106 Å². The largest absolute Gasteiger partial charge is 0.697 e. The number of urea groups is 1. The summed E-state index contributed by atoms with van der Waals surface area (Å²) in [5.74, 6) is 1.09. The highest BCUT2D eigenvalue weighted by molar-refractivity contribution is 8.00. The predicted octanol–water partition coefficient (Wildman–Crippen LogP) is 3.49. The minimum Gasteiger partial charge on any atom is -0.356 e. The molecule has 166 valence electrons. The molecule has 8 nitrogen and oxygen atoms in total. The van der Waals surface area contributed by atoms with Crippen LogP contribution in [-0.2, 0) is 18.4 Å². The van der Waals surface area contributed by atoms with Crippen molar-refractivity contribution in [3.63, 3.8) is 0 Å². The zero-order chi connectivity index (χ0) is 21.1. The van der Waals surface area contributed by atoms with E-state index < -0.39 is 8.25 Å². The maximum absolute atomic E-state index is 11.9. The summed E-state index contributed by atoms with van der Waals surface area (Å²) in [7, 11) is -2.00. The lowest BCUT2D eigenvalue weighted by Crippen LogP contribution is -2.36. The van der Waals surface area contributed by atoms with Gasteiger partial charge >= 0.3 is 14.3 Å². The van der Waals surface area contributed by atoms with Gasteiger partial charge in [-0.15, -0.1) is 9.05 Å². The highest BCUT2D eigenvalue weighted by atomic mass is 32.2. The first-order chi connectivity index (χ1) is 14.0. The number of hydrogen-bond donors (Lipinski definition) is 3. The fourth-order valence-corrected chi connectivity index (χ4v) is 5.74. The number of thioether (sulfide) groups is 1. The summed E-state index contributed by atoms with van der Waals surface area (Å²) in [6.45, 7) is 4.78. The summed E-state index contributed by atoms with van der Waals surface area (Å²) in [5, 5.41) is 9.39. The van der Waals surface area contributed by atoms with Gasteiger partial charge in [0, 0.05) is 28.5 Å². The fraction of sp³-hybridized carbons (Fsp3) is 0.895. The van der Waals surface area contributed by atoms with Crippen LogP contribution < -0.4 is 16.0 Å². The Morgan fingerprint density at radius 1 is 1.21 bits per heavy atom. The maximum atomic E-state index is 11.9. The van der Waals surface area contributed by atoms with Crippen LogP contribution in [0.2, 0.25) is 0 Å². The van der Waals surface area contributed by atoms with Crippen LogP contribution in [0.1, 0.15) is 65.2 Å². The summed E-state index contributed by atoms with van der Waals surface area (Å²) in [6, 6.07) is 0.464. The number of fused-ring (bicyclic) bond motifs is 1. The molecule has 0 radical (unpaired) electrons. The van der Waals surface area contributed by atoms with E-state index in [4.69, 9.17) is 9.05 Å². The highest BCUT2D eigenvalue weighted by Gasteiger charge is 2.42. The van der Waals surface area contributed by atoms with Crippen LogP contribution in [-0.4, -0.2) is 54.3 Å². The molecule has 4 atom stereocenters. The molecule has 2 fully saturated rings. The van der Waals surface area contributed by atoms with Crippen LogP contribution in [0.15, 0.2) is 0 Å². The zero-order valence-electron chi connectivity index (χ0n) is 17.5. The molecule has 2 heterocycles. The molecule has 2 aliphatic rings. The molecule has 3 amide bonds. The standard InChI is InChI=1S/C19H34N3O5PS/c1-14(2)27-28(25)26-12-8-4-3-7-11-20-17(23)10-6-5-9-16-18-15(13-29-16)21-19(24)22-18/h14-16,18H,3-13H2,1-2H3,(H2-,20,21,22,23,24)/p+1/t15?,16-,18?/m0/s1. The van der Waals surface area contributed by atoms with E-state index in [1.807, 2.05) is 25.6 Å². The van der Waals surface area contributed by atoms with Crippen LogP contribution in [0.25, 0.3) is 0 Å². The lowest BCUT2D eigenvalue weighted by molar-refractivity contribution is -0.121. The van der Waals surface area contributed by atoms with Crippen molar-refractivity contribution in [3.8, 4) is 0 Å². The van der Waals surface area contributed by atoms with Gasteiger partial charge in [-0.1, -0.05) is 19.3 Å². The zero-order valence-corrected chi connectivity index (χ0v) is 19.2. The third-order valence-corrected chi connectivity index (χ3v) is 7.46. The van der Waals surface area contributed by atoms with E-state index in [2.05, 4.69) is 16.0 Å². The number of amides is 3. The summed E-state index contributed by atoms with van der Waals surface area (Å²) in [5.41, 5.74) is 0. The molecule has 0 aliphatic carbocycles. The molecule has 29 heavy (non-hydrogen) atoms. The lowest BCUT2D eigenvalue weighted by atomic mass is 10.0. The van der Waals surface area contributed by atoms with Crippen molar-refractivity contribution in [2.75, 3.05) is 18.9 Å². The minimum absolute atomic E-state index is 0.0483. The quantitative estimate of drug-likeness (QED) is 0.201. The molecule has 10 heteroatoms. The molecule has 0 bridgehead atoms. The Bertz CT molecular complexity index is 552. The average Bonchev–Trinajstić information content (AvgIpc) is 3.19. The first-order valence-corrected chi connectivity index (χ1v) is 12.8. The van der Waals surface area contributed by atoms with E-state index >= 15 is 0 Å². The second kappa shape index (κ2) is 13.4. The Kier molecular flexibility index (Phi) is 11.3. The van der Waals surface area contributed by atoms with E-state index in [0.29, 0.717) is 24.8 Å². The second-order valence-electron chi connectivity index (χ2n) is 7.84. The number of carbonyl (C=O) groups is 2. The fourth-order valence-electron chi connectivity index (χ4n) is 3.51. The molecule has 2 aliphatic heterocycles. The number of hydrogen-bond acceptors (Lipinski definition) is 6. The van der Waals surface area contributed by atoms with Gasteiger partial charge in [-0.2, -0.15) is 11.8 Å². The van der Waals surface area contributed by atoms with Crippen molar-refractivity contribution in [1.82, 2.24) is 16.0 Å². The van der Waals surface area contributed by atoms with Gasteiger partial charge in [0.2, 0.25) is 5.91 Å². The Hall–Kier alpha value is -0.890. The molecule has 0 aromatic heterocycles. The van der Waals surface area contributed by atoms with Gasteiger partial charge in [-0.25, -0.2) is 4.79 Å². The van der Waals surface area contributed by atoms with Crippen LogP contribution in [0, 0.1) is 0 Å². The van der Waals surface area contributed by atoms with Gasteiger partial charge in [-0.05, 0) is 39.5 Å². The van der Waals surface area contributed by atoms with Gasteiger partial charge in [0.1, 0.15) is 12.7 Å². The van der Waals surface area contributed by atoms with Gasteiger partial charge in [-0.3, -0.25) is 4.79 Å². The Labute approximate surface area is 178 Å². The van der Waals surface area contributed by atoms with Crippen LogP contribution in [0.5, 0.6) is 0 Å². The predicted molar refractivity (Wildman–Crippen MR) is 115 cm³/mol. The van der Waals surface area contributed by atoms with Crippen LogP contribution >= 0.6 is 20.0 Å². The summed E-state index contributed by atoms with van der Waals surface area (Å²) in [6.07, 6.45) is 7.16. The smallest absolute Gasteiger partial charge is 0.356 e. The van der Waals surface area contributed by atoms with Gasteiger partial charge < -0.3 is 16.0 Å². The van der Waals surface area contributed by atoms with Gasteiger partial charge in [0.15, 0.2) is 0 Å². The molecule has 0 saturated carbocycles. The molecule has 0 spiro atoms. The van der Waals surface area contributed by atoms with Crippen molar-refractivity contribution in [2.45, 2.75) is 88.7 Å². The third kappa shape index (κ3) is 9.64. The Morgan fingerprint density at radius 2 is 2.00 bits per heavy atom. The summed E-state index contributed by atoms with van der Waals surface area (Å²) in [4.78, 5) is 23.3. The van der Waals surface area contributed by atoms with Gasteiger partial charge in [0.25, 0.3) is 0 Å². The summed E-state index contributed by atoms with van der Waals surface area (Å²) >= 11 is 1.91. The van der Waals surface area contributed by atoms with E-state index in [9.17, 15) is 14.2 Å². The lowest BCUT2D eigenvalue weighted by Gasteiger charge is -2.16. The van der Waals surface area contributed by atoms with E-state index in [1.165, 1.54) is 0 Å².